The van der Waals surface area contributed by atoms with Crippen molar-refractivity contribution in [3.8, 4) is 0 Å². The van der Waals surface area contributed by atoms with Gasteiger partial charge in [-0.1, -0.05) is 26.7 Å². The first kappa shape index (κ1) is 16.5. The molecule has 0 radical (unpaired) electrons. The molecule has 0 aromatic carbocycles. The highest BCUT2D eigenvalue weighted by molar-refractivity contribution is 5.76. The number of carbonyl (C=O) groups excluding carboxylic acids is 1. The molecule has 1 aliphatic carbocycles. The van der Waals surface area contributed by atoms with Crippen LogP contribution in [0, 0.1) is 5.92 Å². The molecular weight excluding hydrogens is 236 g/mol. The van der Waals surface area contributed by atoms with Gasteiger partial charge in [0.25, 0.3) is 0 Å². The van der Waals surface area contributed by atoms with Crippen molar-refractivity contribution in [2.24, 2.45) is 11.7 Å². The molecule has 0 aromatic rings. The molecule has 3 atom stereocenters. The highest BCUT2D eigenvalue weighted by Crippen LogP contribution is 2.27. The fourth-order valence-corrected chi connectivity index (χ4v) is 3.02. The van der Waals surface area contributed by atoms with Gasteiger partial charge >= 0.3 is 0 Å². The SMILES string of the molecule is CCCCN(C(=O)CC1CCCC(N)C1)C(C)CC. The van der Waals surface area contributed by atoms with Gasteiger partial charge in [-0.05, 0) is 44.9 Å². The first-order valence-corrected chi connectivity index (χ1v) is 8.13. The first-order chi connectivity index (χ1) is 9.08. The van der Waals surface area contributed by atoms with Gasteiger partial charge in [-0.2, -0.15) is 0 Å². The van der Waals surface area contributed by atoms with Gasteiger partial charge in [0.15, 0.2) is 0 Å². The lowest BCUT2D eigenvalue weighted by molar-refractivity contribution is -0.134. The third kappa shape index (κ3) is 5.52. The van der Waals surface area contributed by atoms with Crippen LogP contribution in [0.15, 0.2) is 0 Å². The maximum atomic E-state index is 12.5. The van der Waals surface area contributed by atoms with E-state index in [2.05, 4.69) is 25.7 Å². The second-order valence-electron chi connectivity index (χ2n) is 6.19. The van der Waals surface area contributed by atoms with E-state index >= 15 is 0 Å². The Labute approximate surface area is 118 Å². The summed E-state index contributed by atoms with van der Waals surface area (Å²) < 4.78 is 0. The van der Waals surface area contributed by atoms with Crippen LogP contribution >= 0.6 is 0 Å². The first-order valence-electron chi connectivity index (χ1n) is 8.13. The summed E-state index contributed by atoms with van der Waals surface area (Å²) in [5.74, 6) is 0.867. The molecule has 0 aliphatic heterocycles. The zero-order valence-corrected chi connectivity index (χ0v) is 13.0. The molecule has 112 valence electrons. The Morgan fingerprint density at radius 3 is 2.68 bits per heavy atom. The maximum Gasteiger partial charge on any atom is 0.223 e. The van der Waals surface area contributed by atoms with Gasteiger partial charge in [-0.25, -0.2) is 0 Å². The normalized spacial score (nSPS) is 25.1. The molecule has 0 spiro atoms. The molecule has 3 unspecified atom stereocenters. The lowest BCUT2D eigenvalue weighted by Gasteiger charge is -2.32. The Bertz CT molecular complexity index is 267. The minimum Gasteiger partial charge on any atom is -0.340 e. The summed E-state index contributed by atoms with van der Waals surface area (Å²) in [5.41, 5.74) is 6.02. The van der Waals surface area contributed by atoms with E-state index in [1.54, 1.807) is 0 Å². The van der Waals surface area contributed by atoms with E-state index in [0.29, 0.717) is 30.3 Å². The Morgan fingerprint density at radius 2 is 2.11 bits per heavy atom. The topological polar surface area (TPSA) is 46.3 Å². The van der Waals surface area contributed by atoms with E-state index in [1.807, 2.05) is 0 Å². The van der Waals surface area contributed by atoms with Gasteiger partial charge in [0.2, 0.25) is 5.91 Å². The van der Waals surface area contributed by atoms with E-state index in [4.69, 9.17) is 5.73 Å². The molecular formula is C16H32N2O. The quantitative estimate of drug-likeness (QED) is 0.770. The van der Waals surface area contributed by atoms with E-state index in [9.17, 15) is 4.79 Å². The standard InChI is InChI=1S/C16H32N2O/c1-4-6-10-18(13(3)5-2)16(19)12-14-8-7-9-15(17)11-14/h13-15H,4-12,17H2,1-3H3. The minimum atomic E-state index is 0.319. The third-order valence-corrected chi connectivity index (χ3v) is 4.48. The van der Waals surface area contributed by atoms with E-state index in [0.717, 1.165) is 38.6 Å². The fraction of sp³-hybridized carbons (Fsp3) is 0.938. The molecule has 1 fully saturated rings. The van der Waals surface area contributed by atoms with Crippen LogP contribution < -0.4 is 5.73 Å². The monoisotopic (exact) mass is 268 g/mol. The second kappa shape index (κ2) is 8.57. The molecule has 1 amide bonds. The fourth-order valence-electron chi connectivity index (χ4n) is 3.02. The van der Waals surface area contributed by atoms with Gasteiger partial charge < -0.3 is 10.6 Å². The average molecular weight is 268 g/mol. The summed E-state index contributed by atoms with van der Waals surface area (Å²) >= 11 is 0. The van der Waals surface area contributed by atoms with Gasteiger partial charge in [0.05, 0.1) is 0 Å². The van der Waals surface area contributed by atoms with Crippen LogP contribution in [0.4, 0.5) is 0 Å². The zero-order chi connectivity index (χ0) is 14.3. The average Bonchev–Trinajstić information content (AvgIpc) is 2.38. The maximum absolute atomic E-state index is 12.5. The van der Waals surface area contributed by atoms with Crippen LogP contribution in [-0.4, -0.2) is 29.4 Å². The van der Waals surface area contributed by atoms with Gasteiger partial charge in [0.1, 0.15) is 0 Å². The van der Waals surface area contributed by atoms with Crippen LogP contribution in [0.1, 0.15) is 72.1 Å². The van der Waals surface area contributed by atoms with Crippen LogP contribution in [0.3, 0.4) is 0 Å². The van der Waals surface area contributed by atoms with Crippen molar-refractivity contribution in [1.29, 1.82) is 0 Å². The predicted molar refractivity (Wildman–Crippen MR) is 80.9 cm³/mol. The van der Waals surface area contributed by atoms with Crippen molar-refractivity contribution in [2.75, 3.05) is 6.54 Å². The lowest BCUT2D eigenvalue weighted by atomic mass is 9.84. The summed E-state index contributed by atoms with van der Waals surface area (Å²) in [6, 6.07) is 0.690. The number of nitrogens with two attached hydrogens (primary N) is 1. The summed E-state index contributed by atoms with van der Waals surface area (Å²) in [6.45, 7) is 7.43. The highest BCUT2D eigenvalue weighted by atomic mass is 16.2. The Morgan fingerprint density at radius 1 is 1.37 bits per heavy atom. The molecule has 0 aromatic heterocycles. The third-order valence-electron chi connectivity index (χ3n) is 4.48. The van der Waals surface area contributed by atoms with Crippen molar-refractivity contribution in [2.45, 2.75) is 84.2 Å². The van der Waals surface area contributed by atoms with Gasteiger partial charge in [-0.15, -0.1) is 0 Å². The van der Waals surface area contributed by atoms with Crippen molar-refractivity contribution in [3.63, 3.8) is 0 Å². The summed E-state index contributed by atoms with van der Waals surface area (Å²) in [5, 5.41) is 0. The largest absolute Gasteiger partial charge is 0.340 e. The summed E-state index contributed by atoms with van der Waals surface area (Å²) in [4.78, 5) is 14.6. The molecule has 1 saturated carbocycles. The molecule has 0 saturated heterocycles. The zero-order valence-electron chi connectivity index (χ0n) is 13.0. The lowest BCUT2D eigenvalue weighted by Crippen LogP contribution is -2.40. The molecule has 3 heteroatoms. The molecule has 0 bridgehead atoms. The number of nitrogens with zero attached hydrogens (tertiary/aromatic N) is 1. The van der Waals surface area contributed by atoms with Crippen molar-refractivity contribution in [1.82, 2.24) is 4.90 Å². The van der Waals surface area contributed by atoms with Crippen molar-refractivity contribution in [3.05, 3.63) is 0 Å². The minimum absolute atomic E-state index is 0.319. The number of hydrogen-bond acceptors (Lipinski definition) is 2. The molecule has 3 nitrogen and oxygen atoms in total. The smallest absolute Gasteiger partial charge is 0.223 e. The van der Waals surface area contributed by atoms with Crippen LogP contribution in [0.25, 0.3) is 0 Å². The van der Waals surface area contributed by atoms with Crippen LogP contribution in [0.5, 0.6) is 0 Å². The van der Waals surface area contributed by atoms with Crippen LogP contribution in [0.2, 0.25) is 0 Å². The Kier molecular flexibility index (Phi) is 7.44. The molecule has 0 heterocycles. The Balaban J connectivity index is 2.50. The van der Waals surface area contributed by atoms with Gasteiger partial charge in [0, 0.05) is 25.0 Å². The number of carbonyl (C=O) groups is 1. The Hall–Kier alpha value is -0.570. The number of rotatable bonds is 7. The summed E-state index contributed by atoms with van der Waals surface area (Å²) in [7, 11) is 0. The number of hydrogen-bond donors (Lipinski definition) is 1. The molecule has 1 rings (SSSR count). The van der Waals surface area contributed by atoms with E-state index < -0.39 is 0 Å². The van der Waals surface area contributed by atoms with Gasteiger partial charge in [-0.3, -0.25) is 4.79 Å². The second-order valence-corrected chi connectivity index (χ2v) is 6.19. The van der Waals surface area contributed by atoms with Crippen LogP contribution in [-0.2, 0) is 4.79 Å². The predicted octanol–water partition coefficient (Wildman–Crippen LogP) is 3.32. The van der Waals surface area contributed by atoms with E-state index in [1.165, 1.54) is 12.8 Å². The number of unbranched alkanes of at least 4 members (excludes halogenated alkanes) is 1. The molecule has 19 heavy (non-hydrogen) atoms. The van der Waals surface area contributed by atoms with Crippen molar-refractivity contribution >= 4 is 5.91 Å². The molecule has 2 N–H and O–H groups in total. The molecule has 1 aliphatic rings. The van der Waals surface area contributed by atoms with Crippen molar-refractivity contribution < 1.29 is 4.79 Å². The van der Waals surface area contributed by atoms with E-state index in [-0.39, 0.29) is 0 Å². The number of amides is 1. The highest BCUT2D eigenvalue weighted by Gasteiger charge is 2.25. The summed E-state index contributed by atoms with van der Waals surface area (Å²) in [6.07, 6.45) is 8.55.